The van der Waals surface area contributed by atoms with Crippen molar-refractivity contribution < 1.29 is 47.4 Å². The van der Waals surface area contributed by atoms with Crippen molar-refractivity contribution in [2.75, 3.05) is 11.5 Å². The SMILES string of the molecule is CC(=O)N[C@@H](CSC(=O)[C@H](CSC(=O)c1cc(-c2ccc(F)cc2F)ccc1OC(C)=O)NC(C)=O)C(=O)O. The molecule has 0 radical (unpaired) electrons. The second-order valence-corrected chi connectivity index (χ2v) is 10.0. The van der Waals surface area contributed by atoms with Crippen LogP contribution in [0.3, 0.4) is 0 Å². The number of halogens is 2. The molecule has 0 saturated heterocycles. The molecule has 2 aromatic rings. The number of amides is 2. The Labute approximate surface area is 230 Å². The number of esters is 1. The van der Waals surface area contributed by atoms with Gasteiger partial charge in [-0.25, -0.2) is 13.6 Å². The minimum absolute atomic E-state index is 0.0142. The summed E-state index contributed by atoms with van der Waals surface area (Å²) in [5.41, 5.74) is 0.0319. The molecule has 14 heteroatoms. The number of carboxylic acid groups (broad SMARTS) is 1. The highest BCUT2D eigenvalue weighted by atomic mass is 32.2. The van der Waals surface area contributed by atoms with E-state index in [2.05, 4.69) is 10.6 Å². The van der Waals surface area contributed by atoms with Crippen LogP contribution in [0.2, 0.25) is 0 Å². The predicted molar refractivity (Wildman–Crippen MR) is 140 cm³/mol. The number of ether oxygens (including phenoxy) is 1. The number of carboxylic acids is 1. The van der Waals surface area contributed by atoms with E-state index in [1.54, 1.807) is 0 Å². The highest BCUT2D eigenvalue weighted by Crippen LogP contribution is 2.31. The average molecular weight is 583 g/mol. The van der Waals surface area contributed by atoms with Gasteiger partial charge in [0.05, 0.1) is 5.56 Å². The van der Waals surface area contributed by atoms with Gasteiger partial charge in [-0.2, -0.15) is 0 Å². The summed E-state index contributed by atoms with van der Waals surface area (Å²) in [6.07, 6.45) is 0. The van der Waals surface area contributed by atoms with Crippen LogP contribution in [-0.2, 0) is 24.0 Å². The lowest BCUT2D eigenvalue weighted by Gasteiger charge is -2.18. The maximum absolute atomic E-state index is 14.3. The monoisotopic (exact) mass is 582 g/mol. The lowest BCUT2D eigenvalue weighted by molar-refractivity contribution is -0.140. The molecule has 0 spiro atoms. The molecule has 2 rings (SSSR count). The lowest BCUT2D eigenvalue weighted by atomic mass is 10.0. The normalized spacial score (nSPS) is 12.1. The highest BCUT2D eigenvalue weighted by molar-refractivity contribution is 8.15. The first-order chi connectivity index (χ1) is 18.3. The second-order valence-electron chi connectivity index (χ2n) is 8.00. The van der Waals surface area contributed by atoms with Crippen molar-refractivity contribution in [2.45, 2.75) is 32.9 Å². The van der Waals surface area contributed by atoms with Crippen LogP contribution >= 0.6 is 23.5 Å². The first kappa shape index (κ1) is 31.4. The molecule has 0 saturated carbocycles. The van der Waals surface area contributed by atoms with Gasteiger partial charge in [0.15, 0.2) is 0 Å². The zero-order valence-corrected chi connectivity index (χ0v) is 22.5. The molecule has 0 fully saturated rings. The maximum Gasteiger partial charge on any atom is 0.327 e. The maximum atomic E-state index is 14.3. The molecule has 2 amide bonds. The van der Waals surface area contributed by atoms with Crippen molar-refractivity contribution in [2.24, 2.45) is 0 Å². The zero-order valence-electron chi connectivity index (χ0n) is 20.9. The van der Waals surface area contributed by atoms with Gasteiger partial charge in [-0.15, -0.1) is 0 Å². The van der Waals surface area contributed by atoms with Crippen molar-refractivity contribution in [3.63, 3.8) is 0 Å². The lowest BCUT2D eigenvalue weighted by Crippen LogP contribution is -2.44. The van der Waals surface area contributed by atoms with Crippen molar-refractivity contribution >= 4 is 57.5 Å². The number of carbonyl (C=O) groups excluding carboxylic acids is 5. The van der Waals surface area contributed by atoms with Crippen LogP contribution in [0.15, 0.2) is 36.4 Å². The number of aliphatic carboxylic acids is 1. The van der Waals surface area contributed by atoms with Crippen LogP contribution in [0, 0.1) is 11.6 Å². The summed E-state index contributed by atoms with van der Waals surface area (Å²) in [4.78, 5) is 71.6. The first-order valence-corrected chi connectivity index (χ1v) is 13.1. The Morgan fingerprint density at radius 2 is 1.49 bits per heavy atom. The third-order valence-electron chi connectivity index (χ3n) is 4.81. The van der Waals surface area contributed by atoms with E-state index in [-0.39, 0.29) is 33.9 Å². The molecule has 0 aliphatic carbocycles. The predicted octanol–water partition coefficient (Wildman–Crippen LogP) is 2.78. The van der Waals surface area contributed by atoms with E-state index in [0.29, 0.717) is 29.6 Å². The average Bonchev–Trinajstić information content (AvgIpc) is 2.83. The van der Waals surface area contributed by atoms with E-state index >= 15 is 0 Å². The number of nitrogens with one attached hydrogen (secondary N) is 2. The number of hydrogen-bond acceptors (Lipinski definition) is 9. The fourth-order valence-electron chi connectivity index (χ4n) is 3.16. The van der Waals surface area contributed by atoms with E-state index in [9.17, 15) is 42.7 Å². The quantitative estimate of drug-likeness (QED) is 0.266. The molecule has 0 bridgehead atoms. The van der Waals surface area contributed by atoms with Crippen molar-refractivity contribution in [1.29, 1.82) is 0 Å². The molecule has 2 atom stereocenters. The summed E-state index contributed by atoms with van der Waals surface area (Å²) in [5, 5.41) is 12.4. The van der Waals surface area contributed by atoms with E-state index in [1.807, 2.05) is 0 Å². The van der Waals surface area contributed by atoms with Gasteiger partial charge in [0.25, 0.3) is 0 Å². The molecule has 10 nitrogen and oxygen atoms in total. The molecule has 0 heterocycles. The van der Waals surface area contributed by atoms with Gasteiger partial charge < -0.3 is 20.5 Å². The molecule has 0 aliphatic heterocycles. The van der Waals surface area contributed by atoms with Crippen LogP contribution in [-0.4, -0.2) is 62.7 Å². The van der Waals surface area contributed by atoms with Crippen molar-refractivity contribution in [1.82, 2.24) is 10.6 Å². The molecular weight excluding hydrogens is 558 g/mol. The van der Waals surface area contributed by atoms with Crippen molar-refractivity contribution in [3.8, 4) is 16.9 Å². The smallest absolute Gasteiger partial charge is 0.327 e. The third-order valence-corrected chi connectivity index (χ3v) is 6.86. The summed E-state index contributed by atoms with van der Waals surface area (Å²) in [5.74, 6) is -5.71. The second kappa shape index (κ2) is 14.4. The van der Waals surface area contributed by atoms with Crippen LogP contribution in [0.5, 0.6) is 5.75 Å². The Hall–Kier alpha value is -3.78. The fourth-order valence-corrected chi connectivity index (χ4v) is 5.03. The largest absolute Gasteiger partial charge is 0.480 e. The molecule has 0 aliphatic rings. The van der Waals surface area contributed by atoms with Crippen LogP contribution in [0.4, 0.5) is 8.78 Å². The highest BCUT2D eigenvalue weighted by Gasteiger charge is 2.27. The zero-order chi connectivity index (χ0) is 29.3. The van der Waals surface area contributed by atoms with Crippen molar-refractivity contribution in [3.05, 3.63) is 53.6 Å². The summed E-state index contributed by atoms with van der Waals surface area (Å²) < 4.78 is 32.8. The van der Waals surface area contributed by atoms with E-state index in [0.717, 1.165) is 26.8 Å². The number of thioether (sulfide) groups is 2. The Morgan fingerprint density at radius 1 is 0.872 bits per heavy atom. The molecular formula is C25H24F2N2O8S2. The molecule has 39 heavy (non-hydrogen) atoms. The van der Waals surface area contributed by atoms with Crippen LogP contribution < -0.4 is 15.4 Å². The molecule has 2 aromatic carbocycles. The van der Waals surface area contributed by atoms with Crippen LogP contribution in [0.1, 0.15) is 31.1 Å². The number of rotatable bonds is 11. The molecule has 3 N–H and O–H groups in total. The molecule has 0 unspecified atom stereocenters. The van der Waals surface area contributed by atoms with E-state index in [4.69, 9.17) is 4.74 Å². The third kappa shape index (κ3) is 9.80. The standard InChI is InChI=1S/C25H24F2N2O8S2/c1-12(30)28-20(23(33)34)10-39-25(36)21(29-13(2)31)11-38-24(35)18-8-15(4-7-22(18)37-14(3)32)17-6-5-16(26)9-19(17)27/h4-9,20-21H,10-11H2,1-3H3,(H,28,30)(H,29,31)(H,33,34)/t20-,21-/m0/s1. The Morgan fingerprint density at radius 3 is 2.05 bits per heavy atom. The number of benzene rings is 2. The summed E-state index contributed by atoms with van der Waals surface area (Å²) in [6, 6.07) is 4.22. The summed E-state index contributed by atoms with van der Waals surface area (Å²) in [6.45, 7) is 3.38. The number of hydrogen-bond donors (Lipinski definition) is 3. The van der Waals surface area contributed by atoms with Crippen LogP contribution in [0.25, 0.3) is 11.1 Å². The Kier molecular flexibility index (Phi) is 11.6. The van der Waals surface area contributed by atoms with E-state index in [1.165, 1.54) is 24.3 Å². The van der Waals surface area contributed by atoms with Gasteiger partial charge in [0.2, 0.25) is 22.0 Å². The minimum atomic E-state index is -1.36. The summed E-state index contributed by atoms with van der Waals surface area (Å²) >= 11 is 1.14. The minimum Gasteiger partial charge on any atom is -0.480 e. The van der Waals surface area contributed by atoms with Gasteiger partial charge in [-0.1, -0.05) is 29.6 Å². The Balaban J connectivity index is 2.26. The summed E-state index contributed by atoms with van der Waals surface area (Å²) in [7, 11) is 0. The Bertz CT molecular complexity index is 1300. The topological polar surface area (TPSA) is 156 Å². The van der Waals surface area contributed by atoms with Gasteiger partial charge in [-0.05, 0) is 29.8 Å². The molecule has 0 aromatic heterocycles. The van der Waals surface area contributed by atoms with Gasteiger partial charge >= 0.3 is 11.9 Å². The van der Waals surface area contributed by atoms with Gasteiger partial charge in [-0.3, -0.25) is 24.0 Å². The van der Waals surface area contributed by atoms with E-state index < -0.39 is 57.7 Å². The van der Waals surface area contributed by atoms with Gasteiger partial charge in [0, 0.05) is 43.9 Å². The fraction of sp³-hybridized carbons (Fsp3) is 0.280. The first-order valence-electron chi connectivity index (χ1n) is 11.2. The number of carbonyl (C=O) groups is 6. The molecule has 208 valence electrons. The van der Waals surface area contributed by atoms with Gasteiger partial charge in [0.1, 0.15) is 29.5 Å².